The third kappa shape index (κ3) is 4.77. The second kappa shape index (κ2) is 8.10. The highest BCUT2D eigenvalue weighted by Gasteiger charge is 2.56. The zero-order chi connectivity index (χ0) is 22.5. The number of halogens is 3. The van der Waals surface area contributed by atoms with Crippen LogP contribution in [-0.2, 0) is 19.8 Å². The number of carbonyl (C=O) groups excluding carboxylic acids is 1. The molecule has 1 amide bonds. The summed E-state index contributed by atoms with van der Waals surface area (Å²) in [5, 5.41) is 0. The molecule has 2 heterocycles. The molecule has 0 radical (unpaired) electrons. The number of hydrogen-bond acceptors (Lipinski definition) is 4. The molecule has 1 saturated heterocycles. The number of nitrogens with zero attached hydrogens (tertiary/aromatic N) is 4. The van der Waals surface area contributed by atoms with Gasteiger partial charge < -0.3 is 19.1 Å². The minimum atomic E-state index is -4.42. The van der Waals surface area contributed by atoms with E-state index in [2.05, 4.69) is 9.88 Å². The number of amides is 1. The summed E-state index contributed by atoms with van der Waals surface area (Å²) < 4.78 is 46.5. The molecule has 1 aromatic carbocycles. The number of hydrogen-bond donors (Lipinski definition) is 0. The van der Waals surface area contributed by atoms with Crippen LogP contribution in [0.25, 0.3) is 0 Å². The van der Waals surface area contributed by atoms with E-state index in [9.17, 15) is 18.0 Å². The Bertz CT molecular complexity index is 976. The monoisotopic (exact) mass is 448 g/mol. The lowest BCUT2D eigenvalue weighted by Gasteiger charge is -2.25. The first kappa shape index (κ1) is 21.3. The van der Waals surface area contributed by atoms with Gasteiger partial charge in [-0.15, -0.1) is 0 Å². The van der Waals surface area contributed by atoms with Crippen molar-refractivity contribution in [2.24, 2.45) is 30.7 Å². The van der Waals surface area contributed by atoms with Crippen molar-refractivity contribution in [3.05, 3.63) is 47.9 Å². The van der Waals surface area contributed by atoms with E-state index in [0.717, 1.165) is 31.1 Å². The van der Waals surface area contributed by atoms with Gasteiger partial charge in [-0.25, -0.2) is 9.78 Å². The number of rotatable bonds is 7. The van der Waals surface area contributed by atoms with Gasteiger partial charge in [-0.05, 0) is 54.2 Å². The molecular weight excluding hydrogens is 421 g/mol. The molecule has 2 unspecified atom stereocenters. The van der Waals surface area contributed by atoms with Crippen molar-refractivity contribution < 1.29 is 22.7 Å². The van der Waals surface area contributed by atoms with Crippen LogP contribution < -0.4 is 4.74 Å². The number of imidazole rings is 1. The maximum atomic E-state index is 13.1. The summed E-state index contributed by atoms with van der Waals surface area (Å²) in [6, 6.07) is 5.13. The van der Waals surface area contributed by atoms with Gasteiger partial charge in [0, 0.05) is 39.8 Å². The summed E-state index contributed by atoms with van der Waals surface area (Å²) in [5.74, 6) is 2.52. The summed E-state index contributed by atoms with van der Waals surface area (Å²) in [5.41, 5.74) is -0.286. The van der Waals surface area contributed by atoms with Crippen molar-refractivity contribution in [1.29, 1.82) is 0 Å². The molecule has 2 saturated carbocycles. The molecule has 6 nitrogen and oxygen atoms in total. The van der Waals surface area contributed by atoms with E-state index >= 15 is 0 Å². The number of fused-ring (bicyclic) bond motifs is 1. The lowest BCUT2D eigenvalue weighted by Crippen LogP contribution is -2.37. The molecule has 0 N–H and O–H groups in total. The lowest BCUT2D eigenvalue weighted by molar-refractivity contribution is -0.137. The van der Waals surface area contributed by atoms with E-state index in [4.69, 9.17) is 4.74 Å². The molecule has 0 spiro atoms. The number of aryl methyl sites for hydroxylation is 1. The molecule has 3 aliphatic rings. The van der Waals surface area contributed by atoms with Crippen molar-refractivity contribution in [3.63, 3.8) is 0 Å². The van der Waals surface area contributed by atoms with Gasteiger partial charge in [0.2, 0.25) is 5.88 Å². The van der Waals surface area contributed by atoms with Gasteiger partial charge >= 0.3 is 12.3 Å². The first-order valence-corrected chi connectivity index (χ1v) is 11.1. The Morgan fingerprint density at radius 3 is 2.62 bits per heavy atom. The Labute approximate surface area is 185 Å². The number of ether oxygens (including phenoxy) is 1. The number of aromatic nitrogens is 2. The Morgan fingerprint density at radius 2 is 2.00 bits per heavy atom. The van der Waals surface area contributed by atoms with Crippen LogP contribution in [0.5, 0.6) is 5.88 Å². The largest absolute Gasteiger partial charge is 0.416 e. The highest BCUT2D eigenvalue weighted by molar-refractivity contribution is 5.70. The SMILES string of the molecule is Cn1cnc(OC(=O)N(Cc2cccc(C(F)(F)F)c2)CC2C3CN(CC4CC4)CC32)c1. The van der Waals surface area contributed by atoms with Crippen molar-refractivity contribution in [2.45, 2.75) is 25.6 Å². The first-order valence-electron chi connectivity index (χ1n) is 11.1. The molecule has 1 aliphatic heterocycles. The van der Waals surface area contributed by atoms with Crippen LogP contribution in [-0.4, -0.2) is 51.6 Å². The van der Waals surface area contributed by atoms with Crippen LogP contribution in [0.1, 0.15) is 24.0 Å². The van der Waals surface area contributed by atoms with Gasteiger partial charge in [0.1, 0.15) is 0 Å². The van der Waals surface area contributed by atoms with Crippen LogP contribution in [0.15, 0.2) is 36.8 Å². The Morgan fingerprint density at radius 1 is 1.25 bits per heavy atom. The summed E-state index contributed by atoms with van der Waals surface area (Å²) in [6.07, 6.45) is 0.773. The highest BCUT2D eigenvalue weighted by atomic mass is 19.4. The Balaban J connectivity index is 1.26. The second-order valence-electron chi connectivity index (χ2n) is 9.48. The van der Waals surface area contributed by atoms with E-state index in [1.165, 1.54) is 36.7 Å². The molecule has 2 atom stereocenters. The number of likely N-dealkylation sites (tertiary alicyclic amines) is 1. The minimum absolute atomic E-state index is 0.0668. The molecule has 32 heavy (non-hydrogen) atoms. The molecule has 1 aromatic heterocycles. The van der Waals surface area contributed by atoms with Crippen LogP contribution >= 0.6 is 0 Å². The van der Waals surface area contributed by atoms with Gasteiger partial charge in [-0.1, -0.05) is 12.1 Å². The van der Waals surface area contributed by atoms with E-state index < -0.39 is 17.8 Å². The van der Waals surface area contributed by atoms with Crippen LogP contribution in [0.3, 0.4) is 0 Å². The molecule has 2 aliphatic carbocycles. The van der Waals surface area contributed by atoms with Gasteiger partial charge in [0.25, 0.3) is 0 Å². The average molecular weight is 448 g/mol. The zero-order valence-corrected chi connectivity index (χ0v) is 18.0. The standard InChI is InChI=1S/C23H27F3N4O2/c1-28-13-21(27-14-28)32-22(31)30(9-16-3-2-4-17(7-16)23(24,25)26)12-20-18-10-29(11-19(18)20)8-15-5-6-15/h2-4,7,13-15,18-20H,5-6,8-12H2,1H3. The highest BCUT2D eigenvalue weighted by Crippen LogP contribution is 2.52. The summed E-state index contributed by atoms with van der Waals surface area (Å²) in [7, 11) is 1.77. The van der Waals surface area contributed by atoms with Crippen molar-refractivity contribution in [2.75, 3.05) is 26.2 Å². The molecule has 5 rings (SSSR count). The molecule has 0 bridgehead atoms. The fourth-order valence-electron chi connectivity index (χ4n) is 4.94. The van der Waals surface area contributed by atoms with Crippen molar-refractivity contribution in [1.82, 2.24) is 19.4 Å². The van der Waals surface area contributed by atoms with E-state index in [1.54, 1.807) is 23.9 Å². The average Bonchev–Trinajstić information content (AvgIpc) is 3.56. The third-order valence-electron chi connectivity index (χ3n) is 6.85. The number of carbonyl (C=O) groups is 1. The molecule has 2 aromatic rings. The molecule has 3 fully saturated rings. The maximum Gasteiger partial charge on any atom is 0.416 e. The second-order valence-corrected chi connectivity index (χ2v) is 9.48. The number of benzene rings is 1. The third-order valence-corrected chi connectivity index (χ3v) is 6.85. The summed E-state index contributed by atoms with van der Waals surface area (Å²) in [4.78, 5) is 21.0. The fraction of sp³-hybridized carbons (Fsp3) is 0.565. The predicted octanol–water partition coefficient (Wildman–Crippen LogP) is 4.03. The fourth-order valence-corrected chi connectivity index (χ4v) is 4.94. The zero-order valence-electron chi connectivity index (χ0n) is 18.0. The Kier molecular flexibility index (Phi) is 5.39. The maximum absolute atomic E-state index is 13.1. The van der Waals surface area contributed by atoms with Gasteiger partial charge in [-0.2, -0.15) is 13.2 Å². The van der Waals surface area contributed by atoms with Crippen LogP contribution in [0.2, 0.25) is 0 Å². The minimum Gasteiger partial charge on any atom is -0.389 e. The number of piperidine rings is 1. The normalized spacial score (nSPS) is 24.9. The Hall–Kier alpha value is -2.55. The van der Waals surface area contributed by atoms with Crippen molar-refractivity contribution >= 4 is 6.09 Å². The van der Waals surface area contributed by atoms with E-state index in [1.807, 2.05) is 0 Å². The van der Waals surface area contributed by atoms with Crippen LogP contribution in [0.4, 0.5) is 18.0 Å². The quantitative estimate of drug-likeness (QED) is 0.642. The summed E-state index contributed by atoms with van der Waals surface area (Å²) >= 11 is 0. The van der Waals surface area contributed by atoms with E-state index in [-0.39, 0.29) is 12.4 Å². The molecule has 172 valence electrons. The smallest absolute Gasteiger partial charge is 0.389 e. The van der Waals surface area contributed by atoms with Crippen LogP contribution in [0, 0.1) is 23.7 Å². The van der Waals surface area contributed by atoms with E-state index in [0.29, 0.717) is 29.9 Å². The number of alkyl halides is 3. The first-order chi connectivity index (χ1) is 15.3. The van der Waals surface area contributed by atoms with Gasteiger partial charge in [0.05, 0.1) is 18.1 Å². The van der Waals surface area contributed by atoms with Gasteiger partial charge in [-0.3, -0.25) is 0 Å². The molecular formula is C23H27F3N4O2. The van der Waals surface area contributed by atoms with Gasteiger partial charge in [0.15, 0.2) is 0 Å². The summed E-state index contributed by atoms with van der Waals surface area (Å²) in [6.45, 7) is 3.83. The lowest BCUT2D eigenvalue weighted by atomic mass is 10.1. The topological polar surface area (TPSA) is 50.6 Å². The molecule has 9 heteroatoms. The van der Waals surface area contributed by atoms with Crippen molar-refractivity contribution in [3.8, 4) is 5.88 Å². The predicted molar refractivity (Wildman–Crippen MR) is 111 cm³/mol.